The molecule has 1 rings (SSSR count). The minimum atomic E-state index is 0.0566. The Labute approximate surface area is 85.9 Å². The quantitative estimate of drug-likeness (QED) is 0.771. The van der Waals surface area contributed by atoms with E-state index in [9.17, 15) is 0 Å². The van der Waals surface area contributed by atoms with Crippen molar-refractivity contribution in [1.82, 2.24) is 0 Å². The summed E-state index contributed by atoms with van der Waals surface area (Å²) in [6.07, 6.45) is 5.96. The summed E-state index contributed by atoms with van der Waals surface area (Å²) in [6.45, 7) is 7.80. The number of hydrogen-bond acceptors (Lipinski definition) is 1. The summed E-state index contributed by atoms with van der Waals surface area (Å²) in [5, 5.41) is 0. The largest absolute Gasteiger partial charge is 0.324 e. The molecule has 0 heterocycles. The van der Waals surface area contributed by atoms with Gasteiger partial charge in [0.05, 0.1) is 0 Å². The monoisotopic (exact) mass is 187 g/mol. The molecule has 1 nitrogen and oxygen atoms in total. The summed E-state index contributed by atoms with van der Waals surface area (Å²) in [5.74, 6) is 0. The Morgan fingerprint density at radius 2 is 2.14 bits per heavy atom. The van der Waals surface area contributed by atoms with Crippen LogP contribution in [-0.4, -0.2) is 0 Å². The third kappa shape index (κ3) is 2.12. The van der Waals surface area contributed by atoms with Crippen molar-refractivity contribution < 1.29 is 0 Å². The van der Waals surface area contributed by atoms with Gasteiger partial charge in [-0.2, -0.15) is 0 Å². The lowest BCUT2D eigenvalue weighted by Crippen LogP contribution is -2.07. The molecule has 0 aromatic heterocycles. The van der Waals surface area contributed by atoms with Gasteiger partial charge in [0, 0.05) is 6.04 Å². The zero-order chi connectivity index (χ0) is 10.6. The lowest BCUT2D eigenvalue weighted by Gasteiger charge is -2.12. The van der Waals surface area contributed by atoms with Gasteiger partial charge in [0.25, 0.3) is 0 Å². The molecule has 0 aliphatic carbocycles. The molecule has 0 aliphatic rings. The van der Waals surface area contributed by atoms with E-state index in [0.717, 1.165) is 5.56 Å². The first-order valence-corrected chi connectivity index (χ1v) is 4.84. The van der Waals surface area contributed by atoms with Crippen LogP contribution in [0.1, 0.15) is 36.6 Å². The average Bonchev–Trinajstić information content (AvgIpc) is 2.18. The molecule has 0 radical (unpaired) electrons. The maximum atomic E-state index is 5.90. The molecule has 0 unspecified atom stereocenters. The first-order chi connectivity index (χ1) is 6.70. The van der Waals surface area contributed by atoms with Crippen LogP contribution < -0.4 is 5.73 Å². The third-order valence-corrected chi connectivity index (χ3v) is 2.22. The zero-order valence-corrected chi connectivity index (χ0v) is 8.83. The highest BCUT2D eigenvalue weighted by molar-refractivity contribution is 5.67. The molecule has 0 saturated carbocycles. The van der Waals surface area contributed by atoms with Crippen LogP contribution in [0.2, 0.25) is 0 Å². The summed E-state index contributed by atoms with van der Waals surface area (Å²) in [4.78, 5) is 0. The van der Waals surface area contributed by atoms with Crippen LogP contribution in [0.4, 0.5) is 0 Å². The second-order valence-electron chi connectivity index (χ2n) is 3.34. The van der Waals surface area contributed by atoms with Crippen molar-refractivity contribution >= 4 is 12.2 Å². The molecule has 2 N–H and O–H groups in total. The SMILES string of the molecule is C=Cc1cccc([C@@H](C)N)c1/C=C\C. The molecular formula is C13H17N. The Hall–Kier alpha value is -1.34. The Kier molecular flexibility index (Phi) is 3.66. The summed E-state index contributed by atoms with van der Waals surface area (Å²) in [7, 11) is 0. The highest BCUT2D eigenvalue weighted by Crippen LogP contribution is 2.22. The molecule has 0 amide bonds. The maximum absolute atomic E-state index is 5.90. The predicted octanol–water partition coefficient (Wildman–Crippen LogP) is 3.38. The minimum Gasteiger partial charge on any atom is -0.324 e. The van der Waals surface area contributed by atoms with Gasteiger partial charge in [-0.15, -0.1) is 0 Å². The van der Waals surface area contributed by atoms with Crippen LogP contribution in [0.25, 0.3) is 12.2 Å². The van der Waals surface area contributed by atoms with Gasteiger partial charge in [-0.1, -0.05) is 43.0 Å². The molecule has 1 aromatic rings. The Morgan fingerprint density at radius 1 is 1.43 bits per heavy atom. The van der Waals surface area contributed by atoms with Crippen LogP contribution in [0.15, 0.2) is 30.9 Å². The fraction of sp³-hybridized carbons (Fsp3) is 0.231. The number of allylic oxidation sites excluding steroid dienone is 1. The van der Waals surface area contributed by atoms with Gasteiger partial charge in [-0.25, -0.2) is 0 Å². The van der Waals surface area contributed by atoms with E-state index < -0.39 is 0 Å². The van der Waals surface area contributed by atoms with Crippen LogP contribution in [0, 0.1) is 0 Å². The first-order valence-electron chi connectivity index (χ1n) is 4.84. The van der Waals surface area contributed by atoms with Gasteiger partial charge in [-0.05, 0) is 30.5 Å². The van der Waals surface area contributed by atoms with E-state index in [1.807, 2.05) is 38.1 Å². The van der Waals surface area contributed by atoms with Crippen molar-refractivity contribution in [1.29, 1.82) is 0 Å². The number of nitrogens with two attached hydrogens (primary N) is 1. The molecule has 1 atom stereocenters. The van der Waals surface area contributed by atoms with Crippen LogP contribution in [0.5, 0.6) is 0 Å². The number of rotatable bonds is 3. The molecule has 0 aliphatic heterocycles. The molecule has 0 spiro atoms. The van der Waals surface area contributed by atoms with Crippen LogP contribution in [-0.2, 0) is 0 Å². The summed E-state index contributed by atoms with van der Waals surface area (Å²) in [5.41, 5.74) is 9.38. The molecular weight excluding hydrogens is 170 g/mol. The van der Waals surface area contributed by atoms with Gasteiger partial charge < -0.3 is 5.73 Å². The van der Waals surface area contributed by atoms with Gasteiger partial charge in [-0.3, -0.25) is 0 Å². The van der Waals surface area contributed by atoms with E-state index >= 15 is 0 Å². The van der Waals surface area contributed by atoms with Crippen molar-refractivity contribution in [3.05, 3.63) is 47.5 Å². The Morgan fingerprint density at radius 3 is 2.64 bits per heavy atom. The predicted molar refractivity (Wildman–Crippen MR) is 63.8 cm³/mol. The second kappa shape index (κ2) is 4.77. The standard InChI is InChI=1S/C13H17N/c1-4-7-13-11(5-2)8-6-9-12(13)10(3)14/h4-10H,2,14H2,1,3H3/b7-4-/t10-/m1/s1. The van der Waals surface area contributed by atoms with Gasteiger partial charge in [0.15, 0.2) is 0 Å². The molecule has 0 saturated heterocycles. The van der Waals surface area contributed by atoms with E-state index in [4.69, 9.17) is 5.73 Å². The van der Waals surface area contributed by atoms with E-state index in [1.54, 1.807) is 0 Å². The van der Waals surface area contributed by atoms with Crippen molar-refractivity contribution in [2.75, 3.05) is 0 Å². The fourth-order valence-corrected chi connectivity index (χ4v) is 1.54. The molecule has 1 heteroatoms. The average molecular weight is 187 g/mol. The maximum Gasteiger partial charge on any atom is 0.0272 e. The molecule has 14 heavy (non-hydrogen) atoms. The fourth-order valence-electron chi connectivity index (χ4n) is 1.54. The molecule has 74 valence electrons. The van der Waals surface area contributed by atoms with Gasteiger partial charge >= 0.3 is 0 Å². The highest BCUT2D eigenvalue weighted by Gasteiger charge is 2.06. The van der Waals surface area contributed by atoms with E-state index in [2.05, 4.69) is 18.7 Å². The van der Waals surface area contributed by atoms with Gasteiger partial charge in [0.2, 0.25) is 0 Å². The lowest BCUT2D eigenvalue weighted by molar-refractivity contribution is 0.815. The molecule has 0 fully saturated rings. The van der Waals surface area contributed by atoms with Crippen molar-refractivity contribution in [3.8, 4) is 0 Å². The highest BCUT2D eigenvalue weighted by atomic mass is 14.6. The smallest absolute Gasteiger partial charge is 0.0272 e. The van der Waals surface area contributed by atoms with Crippen molar-refractivity contribution in [2.45, 2.75) is 19.9 Å². The zero-order valence-electron chi connectivity index (χ0n) is 8.83. The topological polar surface area (TPSA) is 26.0 Å². The Bertz CT molecular complexity index is 348. The van der Waals surface area contributed by atoms with Crippen LogP contribution in [0.3, 0.4) is 0 Å². The van der Waals surface area contributed by atoms with E-state index in [-0.39, 0.29) is 6.04 Å². The Balaban J connectivity index is 3.34. The van der Waals surface area contributed by atoms with Gasteiger partial charge in [0.1, 0.15) is 0 Å². The molecule has 1 aromatic carbocycles. The lowest BCUT2D eigenvalue weighted by atomic mass is 9.96. The third-order valence-electron chi connectivity index (χ3n) is 2.22. The first kappa shape index (κ1) is 10.7. The second-order valence-corrected chi connectivity index (χ2v) is 3.34. The number of hydrogen-bond donors (Lipinski definition) is 1. The minimum absolute atomic E-state index is 0.0566. The summed E-state index contributed by atoms with van der Waals surface area (Å²) in [6, 6.07) is 6.19. The van der Waals surface area contributed by atoms with E-state index in [0.29, 0.717) is 0 Å². The van der Waals surface area contributed by atoms with Crippen LogP contribution >= 0.6 is 0 Å². The normalized spacial score (nSPS) is 13.1. The molecule has 0 bridgehead atoms. The van der Waals surface area contributed by atoms with E-state index in [1.165, 1.54) is 11.1 Å². The van der Waals surface area contributed by atoms with Crippen molar-refractivity contribution in [2.24, 2.45) is 5.73 Å². The number of benzene rings is 1. The summed E-state index contributed by atoms with van der Waals surface area (Å²) >= 11 is 0. The summed E-state index contributed by atoms with van der Waals surface area (Å²) < 4.78 is 0. The van der Waals surface area contributed by atoms with Crippen molar-refractivity contribution in [3.63, 3.8) is 0 Å².